The third-order valence-electron chi connectivity index (χ3n) is 10.1. The zero-order valence-corrected chi connectivity index (χ0v) is 28.9. The molecule has 0 saturated carbocycles. The van der Waals surface area contributed by atoms with E-state index < -0.39 is 60.4 Å². The van der Waals surface area contributed by atoms with Crippen molar-refractivity contribution in [1.82, 2.24) is 0 Å². The highest BCUT2D eigenvalue weighted by molar-refractivity contribution is 6.93. The molecule has 4 aliphatic rings. The number of benzene rings is 4. The Hall–Kier alpha value is -3.53. The number of rotatable bonds is 2. The van der Waals surface area contributed by atoms with Crippen LogP contribution in [0.2, 0.25) is 39.3 Å². The maximum atomic E-state index is 14.5. The standard InChI is InChI=1S/C36H30Cl2N2O2Si2/c1-43(2,3)31-23-15-19-11-7-8-12-20(19)16-24(23)32(44(4,5)6)26-25(31)27-21-13-9-10-14-22(21)28(26)36(18-40)34(42)30(38)29(37)33(41)35(27,36)17-39/h7-16,27-28H,1-6H3/t27-,28+,35+,36-. The summed E-state index contributed by atoms with van der Waals surface area (Å²) in [6, 6.07) is 25.2. The van der Waals surface area contributed by atoms with E-state index in [0.717, 1.165) is 54.2 Å². The SMILES string of the molecule is C[Si](C)(C)c1c2c(c([Si](C)(C)C)c3cc4ccccc4cc13)[C@H]1c3ccccc3[C@@H]2[C@]2(C#N)C(=O)C(Cl)=C(Cl)C(=O)[C@]12C#N. The molecule has 8 heteroatoms. The fourth-order valence-electron chi connectivity index (χ4n) is 8.70. The average molecular weight is 650 g/mol. The molecule has 4 aromatic rings. The summed E-state index contributed by atoms with van der Waals surface area (Å²) in [5.41, 5.74) is -0.635. The van der Waals surface area contributed by atoms with E-state index in [-0.39, 0.29) is 0 Å². The van der Waals surface area contributed by atoms with E-state index in [2.05, 4.69) is 75.7 Å². The van der Waals surface area contributed by atoms with Crippen LogP contribution in [0.4, 0.5) is 0 Å². The van der Waals surface area contributed by atoms with Gasteiger partial charge < -0.3 is 0 Å². The molecular formula is C36H30Cl2N2O2Si2. The monoisotopic (exact) mass is 648 g/mol. The summed E-state index contributed by atoms with van der Waals surface area (Å²) in [6.07, 6.45) is 0. The third kappa shape index (κ3) is 3.22. The number of halogens is 2. The van der Waals surface area contributed by atoms with Gasteiger partial charge in [-0.05, 0) is 66.3 Å². The maximum Gasteiger partial charge on any atom is 0.199 e. The molecule has 44 heavy (non-hydrogen) atoms. The number of nitrogens with zero attached hydrogens (tertiary/aromatic N) is 2. The number of hydrogen-bond donors (Lipinski definition) is 0. The van der Waals surface area contributed by atoms with Gasteiger partial charge in [0.1, 0.15) is 10.1 Å². The summed E-state index contributed by atoms with van der Waals surface area (Å²) in [4.78, 5) is 29.1. The van der Waals surface area contributed by atoms with Crippen LogP contribution in [0.15, 0.2) is 70.7 Å². The molecule has 0 N–H and O–H groups in total. The van der Waals surface area contributed by atoms with Gasteiger partial charge in [0.15, 0.2) is 22.4 Å². The minimum absolute atomic E-state index is 0.456. The fraction of sp³-hybridized carbons (Fsp3) is 0.278. The van der Waals surface area contributed by atoms with Crippen molar-refractivity contribution in [2.45, 2.75) is 51.1 Å². The fourth-order valence-corrected chi connectivity index (χ4v) is 13.4. The highest BCUT2D eigenvalue weighted by atomic mass is 35.5. The van der Waals surface area contributed by atoms with Gasteiger partial charge in [-0.3, -0.25) is 9.59 Å². The van der Waals surface area contributed by atoms with Crippen molar-refractivity contribution >= 4 is 82.8 Å². The first-order valence-electron chi connectivity index (χ1n) is 14.8. The number of carbonyl (C=O) groups is 2. The first-order valence-corrected chi connectivity index (χ1v) is 22.5. The van der Waals surface area contributed by atoms with Gasteiger partial charge in [-0.25, -0.2) is 0 Å². The molecule has 8 rings (SSSR count). The van der Waals surface area contributed by atoms with Crippen LogP contribution in [-0.4, -0.2) is 27.7 Å². The van der Waals surface area contributed by atoms with Gasteiger partial charge in [0.2, 0.25) is 0 Å². The quantitative estimate of drug-likeness (QED) is 0.166. The van der Waals surface area contributed by atoms with Crippen LogP contribution in [0.1, 0.15) is 34.1 Å². The molecule has 0 aromatic heterocycles. The number of hydrogen-bond acceptors (Lipinski definition) is 4. The second-order valence-corrected chi connectivity index (χ2v) is 25.2. The normalized spacial score (nSPS) is 25.9. The zero-order chi connectivity index (χ0) is 31.7. The van der Waals surface area contributed by atoms with Gasteiger partial charge in [0, 0.05) is 11.8 Å². The van der Waals surface area contributed by atoms with E-state index in [9.17, 15) is 20.1 Å². The second kappa shape index (κ2) is 9.02. The summed E-state index contributed by atoms with van der Waals surface area (Å²) in [5, 5.41) is 28.4. The Morgan fingerprint density at radius 1 is 0.636 bits per heavy atom. The molecule has 2 bridgehead atoms. The number of fused-ring (bicyclic) bond motifs is 2. The van der Waals surface area contributed by atoms with Crippen LogP contribution < -0.4 is 10.4 Å². The Bertz CT molecular complexity index is 2010. The molecule has 4 aromatic carbocycles. The minimum atomic E-state index is -2.26. The van der Waals surface area contributed by atoms with Crippen LogP contribution in [0, 0.1) is 33.5 Å². The largest absolute Gasteiger partial charge is 0.291 e. The Kier molecular flexibility index (Phi) is 5.99. The number of ketones is 2. The Labute approximate surface area is 268 Å². The van der Waals surface area contributed by atoms with E-state index in [1.54, 1.807) is 0 Å². The van der Waals surface area contributed by atoms with E-state index in [1.165, 1.54) is 0 Å². The van der Waals surface area contributed by atoms with E-state index in [0.29, 0.717) is 0 Å². The lowest BCUT2D eigenvalue weighted by Gasteiger charge is -2.60. The van der Waals surface area contributed by atoms with Crippen LogP contribution in [0.5, 0.6) is 0 Å². The number of carbonyl (C=O) groups excluding carboxylic acids is 2. The van der Waals surface area contributed by atoms with Gasteiger partial charge >= 0.3 is 0 Å². The lowest BCUT2D eigenvalue weighted by atomic mass is 9.37. The molecule has 0 amide bonds. The lowest BCUT2D eigenvalue weighted by molar-refractivity contribution is -0.141. The molecule has 4 aliphatic carbocycles. The summed E-state index contributed by atoms with van der Waals surface area (Å²) < 4.78 is 0. The summed E-state index contributed by atoms with van der Waals surface area (Å²) in [5.74, 6) is -3.22. The first-order chi connectivity index (χ1) is 20.7. The molecule has 0 fully saturated rings. The molecular weight excluding hydrogens is 619 g/mol. The Morgan fingerprint density at radius 2 is 0.977 bits per heavy atom. The van der Waals surface area contributed by atoms with Gasteiger partial charge in [0.05, 0.1) is 28.3 Å². The lowest BCUT2D eigenvalue weighted by Crippen LogP contribution is -2.68. The van der Waals surface area contributed by atoms with Crippen molar-refractivity contribution in [3.8, 4) is 12.1 Å². The Morgan fingerprint density at radius 3 is 1.30 bits per heavy atom. The van der Waals surface area contributed by atoms with Gasteiger partial charge in [0.25, 0.3) is 0 Å². The van der Waals surface area contributed by atoms with Crippen LogP contribution in [0.3, 0.4) is 0 Å². The van der Waals surface area contributed by atoms with Crippen molar-refractivity contribution in [1.29, 1.82) is 10.5 Å². The van der Waals surface area contributed by atoms with Crippen molar-refractivity contribution in [3.05, 3.63) is 93.0 Å². The highest BCUT2D eigenvalue weighted by Crippen LogP contribution is 2.72. The Balaban J connectivity index is 1.84. The predicted octanol–water partition coefficient (Wildman–Crippen LogP) is 7.54. The second-order valence-electron chi connectivity index (χ2n) is 14.4. The molecule has 0 heterocycles. The smallest absolute Gasteiger partial charge is 0.199 e. The highest BCUT2D eigenvalue weighted by Gasteiger charge is 2.78. The molecule has 0 saturated heterocycles. The number of Topliss-reactive ketones (excluding diaryl/α,β-unsaturated/α-hetero) is 2. The summed E-state index contributed by atoms with van der Waals surface area (Å²) >= 11 is 13.1. The number of allylic oxidation sites excluding steroid dienone is 2. The van der Waals surface area contributed by atoms with E-state index in [4.69, 9.17) is 23.2 Å². The summed E-state index contributed by atoms with van der Waals surface area (Å²) in [7, 11) is -4.51. The topological polar surface area (TPSA) is 81.7 Å². The third-order valence-corrected chi connectivity index (χ3v) is 15.0. The molecule has 4 nitrogen and oxygen atoms in total. The number of nitriles is 2. The van der Waals surface area contributed by atoms with Crippen LogP contribution >= 0.6 is 23.2 Å². The molecule has 0 aliphatic heterocycles. The molecule has 0 radical (unpaired) electrons. The van der Waals surface area contributed by atoms with E-state index in [1.807, 2.05) is 36.4 Å². The molecule has 218 valence electrons. The van der Waals surface area contributed by atoms with Gasteiger partial charge in [-0.15, -0.1) is 0 Å². The van der Waals surface area contributed by atoms with E-state index >= 15 is 0 Å². The van der Waals surface area contributed by atoms with Crippen molar-refractivity contribution in [2.75, 3.05) is 0 Å². The van der Waals surface area contributed by atoms with Crippen molar-refractivity contribution in [2.24, 2.45) is 10.8 Å². The van der Waals surface area contributed by atoms with Gasteiger partial charge in [-0.1, -0.05) is 111 Å². The first kappa shape index (κ1) is 29.2. The van der Waals surface area contributed by atoms with Crippen molar-refractivity contribution < 1.29 is 9.59 Å². The van der Waals surface area contributed by atoms with Crippen LogP contribution in [0.25, 0.3) is 21.5 Å². The molecule has 4 atom stereocenters. The summed E-state index contributed by atoms with van der Waals surface area (Å²) in [6.45, 7) is 13.7. The van der Waals surface area contributed by atoms with Gasteiger partial charge in [-0.2, -0.15) is 10.5 Å². The molecule has 0 unspecified atom stereocenters. The average Bonchev–Trinajstić information content (AvgIpc) is 2.98. The minimum Gasteiger partial charge on any atom is -0.291 e. The zero-order valence-electron chi connectivity index (χ0n) is 25.4. The van der Waals surface area contributed by atoms with Crippen molar-refractivity contribution in [3.63, 3.8) is 0 Å². The predicted molar refractivity (Wildman–Crippen MR) is 182 cm³/mol. The molecule has 0 spiro atoms. The van der Waals surface area contributed by atoms with Crippen LogP contribution in [-0.2, 0) is 9.59 Å². The maximum absolute atomic E-state index is 14.5.